The van der Waals surface area contributed by atoms with Crippen LogP contribution in [0.15, 0.2) is 42.6 Å². The number of nitrogens with zero attached hydrogens (tertiary/aromatic N) is 2. The van der Waals surface area contributed by atoms with Crippen LogP contribution in [-0.2, 0) is 11.2 Å². The maximum atomic E-state index is 12.9. The standard InChI is InChI=1S/C24H29N3O2/c1-17-13-18(2)15-19(14-17)23(29)27-11-7-24(8-12-27)16-21(24)22(28)26-10-6-20-5-3-4-9-25-20/h3-5,9,13-15,21H,6-8,10-12,16H2,1-2H3,(H,26,28)/t21-/m1/s1. The second-order valence-corrected chi connectivity index (χ2v) is 8.65. The zero-order chi connectivity index (χ0) is 20.4. The molecule has 0 bridgehead atoms. The molecule has 1 spiro atoms. The molecule has 29 heavy (non-hydrogen) atoms. The van der Waals surface area contributed by atoms with E-state index >= 15 is 0 Å². The third-order valence-corrected chi connectivity index (χ3v) is 6.43. The lowest BCUT2D eigenvalue weighted by atomic mass is 9.90. The van der Waals surface area contributed by atoms with Crippen molar-refractivity contribution in [1.29, 1.82) is 0 Å². The van der Waals surface area contributed by atoms with Gasteiger partial charge in [0, 0.05) is 49.4 Å². The highest BCUT2D eigenvalue weighted by atomic mass is 16.2. The monoisotopic (exact) mass is 391 g/mol. The lowest BCUT2D eigenvalue weighted by Crippen LogP contribution is -2.40. The molecule has 1 atom stereocenters. The lowest BCUT2D eigenvalue weighted by molar-refractivity contribution is -0.123. The number of aromatic nitrogens is 1. The summed E-state index contributed by atoms with van der Waals surface area (Å²) < 4.78 is 0. The molecule has 152 valence electrons. The maximum Gasteiger partial charge on any atom is 0.253 e. The molecule has 2 fully saturated rings. The Morgan fingerprint density at radius 2 is 1.86 bits per heavy atom. The van der Waals surface area contributed by atoms with Crippen molar-refractivity contribution in [2.24, 2.45) is 11.3 Å². The largest absolute Gasteiger partial charge is 0.355 e. The van der Waals surface area contributed by atoms with E-state index in [0.717, 1.165) is 61.2 Å². The number of carbonyl (C=O) groups is 2. The Bertz CT molecular complexity index is 881. The van der Waals surface area contributed by atoms with Gasteiger partial charge < -0.3 is 10.2 Å². The minimum atomic E-state index is 0.102. The van der Waals surface area contributed by atoms with E-state index in [1.165, 1.54) is 0 Å². The molecule has 2 aromatic rings. The second kappa shape index (κ2) is 7.97. The molecule has 1 aromatic carbocycles. The van der Waals surface area contributed by atoms with Gasteiger partial charge in [0.05, 0.1) is 0 Å². The van der Waals surface area contributed by atoms with Crippen LogP contribution in [0.1, 0.15) is 46.4 Å². The van der Waals surface area contributed by atoms with Crippen LogP contribution in [0.2, 0.25) is 0 Å². The molecular weight excluding hydrogens is 362 g/mol. The zero-order valence-electron chi connectivity index (χ0n) is 17.3. The van der Waals surface area contributed by atoms with Crippen LogP contribution in [0.5, 0.6) is 0 Å². The molecule has 1 saturated carbocycles. The molecule has 5 heteroatoms. The number of rotatable bonds is 5. The van der Waals surface area contributed by atoms with E-state index in [1.807, 2.05) is 49.1 Å². The minimum absolute atomic E-state index is 0.102. The Kier molecular flexibility index (Phi) is 5.39. The van der Waals surface area contributed by atoms with Crippen LogP contribution >= 0.6 is 0 Å². The summed E-state index contributed by atoms with van der Waals surface area (Å²) in [5.74, 6) is 0.378. The Morgan fingerprint density at radius 1 is 1.14 bits per heavy atom. The fourth-order valence-electron chi connectivity index (χ4n) is 4.69. The molecule has 1 saturated heterocycles. The second-order valence-electron chi connectivity index (χ2n) is 8.65. The summed E-state index contributed by atoms with van der Waals surface area (Å²) >= 11 is 0. The number of nitrogens with one attached hydrogen (secondary N) is 1. The summed E-state index contributed by atoms with van der Waals surface area (Å²) in [7, 11) is 0. The summed E-state index contributed by atoms with van der Waals surface area (Å²) in [4.78, 5) is 31.7. The van der Waals surface area contributed by atoms with Crippen molar-refractivity contribution in [2.45, 2.75) is 39.5 Å². The smallest absolute Gasteiger partial charge is 0.253 e. The van der Waals surface area contributed by atoms with E-state index in [2.05, 4.69) is 16.4 Å². The van der Waals surface area contributed by atoms with Crippen molar-refractivity contribution < 1.29 is 9.59 Å². The van der Waals surface area contributed by atoms with Crippen molar-refractivity contribution in [3.63, 3.8) is 0 Å². The predicted octanol–water partition coefficient (Wildman–Crippen LogP) is 3.30. The summed E-state index contributed by atoms with van der Waals surface area (Å²) in [6.07, 6.45) is 5.32. The first-order valence-corrected chi connectivity index (χ1v) is 10.5. The van der Waals surface area contributed by atoms with Crippen molar-refractivity contribution in [3.8, 4) is 0 Å². The van der Waals surface area contributed by atoms with Crippen molar-refractivity contribution in [3.05, 3.63) is 65.0 Å². The summed E-state index contributed by atoms with van der Waals surface area (Å²) in [6.45, 7) is 6.15. The first-order valence-electron chi connectivity index (χ1n) is 10.5. The average Bonchev–Trinajstić information content (AvgIpc) is 3.41. The van der Waals surface area contributed by atoms with Crippen LogP contribution in [0.4, 0.5) is 0 Å². The molecule has 5 nitrogen and oxygen atoms in total. The van der Waals surface area contributed by atoms with Crippen LogP contribution < -0.4 is 5.32 Å². The van der Waals surface area contributed by atoms with E-state index in [4.69, 9.17) is 0 Å². The molecule has 2 heterocycles. The molecule has 2 aliphatic rings. The molecule has 0 unspecified atom stereocenters. The Balaban J connectivity index is 1.26. The number of piperidine rings is 1. The number of aryl methyl sites for hydroxylation is 2. The highest BCUT2D eigenvalue weighted by Crippen LogP contribution is 2.59. The summed E-state index contributed by atoms with van der Waals surface area (Å²) in [5, 5.41) is 3.08. The Morgan fingerprint density at radius 3 is 2.52 bits per heavy atom. The van der Waals surface area contributed by atoms with Gasteiger partial charge in [-0.3, -0.25) is 14.6 Å². The third kappa shape index (κ3) is 4.34. The highest BCUT2D eigenvalue weighted by molar-refractivity contribution is 5.94. The third-order valence-electron chi connectivity index (χ3n) is 6.43. The number of likely N-dealkylation sites (tertiary alicyclic amines) is 1. The van der Waals surface area contributed by atoms with Crippen LogP contribution in [0.25, 0.3) is 0 Å². The predicted molar refractivity (Wildman–Crippen MR) is 113 cm³/mol. The molecule has 4 rings (SSSR count). The number of hydrogen-bond acceptors (Lipinski definition) is 3. The van der Waals surface area contributed by atoms with Gasteiger partial charge in [-0.05, 0) is 62.8 Å². The van der Waals surface area contributed by atoms with E-state index in [1.54, 1.807) is 6.20 Å². The first-order chi connectivity index (χ1) is 14.0. The van der Waals surface area contributed by atoms with E-state index in [-0.39, 0.29) is 23.1 Å². The summed E-state index contributed by atoms with van der Waals surface area (Å²) in [6, 6.07) is 11.9. The van der Waals surface area contributed by atoms with Gasteiger partial charge in [-0.1, -0.05) is 23.3 Å². The maximum absolute atomic E-state index is 12.9. The van der Waals surface area contributed by atoms with Gasteiger partial charge in [0.2, 0.25) is 5.91 Å². The number of pyridine rings is 1. The Hall–Kier alpha value is -2.69. The minimum Gasteiger partial charge on any atom is -0.355 e. The molecule has 0 radical (unpaired) electrons. The fraction of sp³-hybridized carbons (Fsp3) is 0.458. The Labute approximate surface area is 172 Å². The van der Waals surface area contributed by atoms with Crippen molar-refractivity contribution in [2.75, 3.05) is 19.6 Å². The van der Waals surface area contributed by atoms with Gasteiger partial charge >= 0.3 is 0 Å². The van der Waals surface area contributed by atoms with Crippen molar-refractivity contribution >= 4 is 11.8 Å². The lowest BCUT2D eigenvalue weighted by Gasteiger charge is -2.33. The number of amides is 2. The van der Waals surface area contributed by atoms with E-state index < -0.39 is 0 Å². The molecule has 2 amide bonds. The van der Waals surface area contributed by atoms with Crippen molar-refractivity contribution in [1.82, 2.24) is 15.2 Å². The van der Waals surface area contributed by atoms with E-state index in [0.29, 0.717) is 6.54 Å². The van der Waals surface area contributed by atoms with Crippen LogP contribution in [0.3, 0.4) is 0 Å². The van der Waals surface area contributed by atoms with Gasteiger partial charge in [0.15, 0.2) is 0 Å². The van der Waals surface area contributed by atoms with Gasteiger partial charge in [-0.2, -0.15) is 0 Å². The van der Waals surface area contributed by atoms with Gasteiger partial charge in [-0.15, -0.1) is 0 Å². The normalized spacial score (nSPS) is 19.8. The van der Waals surface area contributed by atoms with Crippen LogP contribution in [0, 0.1) is 25.2 Å². The number of hydrogen-bond donors (Lipinski definition) is 1. The number of benzene rings is 1. The number of carbonyl (C=O) groups excluding carboxylic acids is 2. The quantitative estimate of drug-likeness (QED) is 0.851. The molecule has 1 aliphatic heterocycles. The van der Waals surface area contributed by atoms with Gasteiger partial charge in [0.1, 0.15) is 0 Å². The molecule has 1 aliphatic carbocycles. The molecular formula is C24H29N3O2. The summed E-state index contributed by atoms with van der Waals surface area (Å²) in [5.41, 5.74) is 4.11. The van der Waals surface area contributed by atoms with Gasteiger partial charge in [-0.25, -0.2) is 0 Å². The zero-order valence-corrected chi connectivity index (χ0v) is 17.3. The molecule has 1 aromatic heterocycles. The highest BCUT2D eigenvalue weighted by Gasteiger charge is 2.58. The average molecular weight is 392 g/mol. The topological polar surface area (TPSA) is 62.3 Å². The van der Waals surface area contributed by atoms with Crippen LogP contribution in [-0.4, -0.2) is 41.3 Å². The van der Waals surface area contributed by atoms with E-state index in [9.17, 15) is 9.59 Å². The van der Waals surface area contributed by atoms with Gasteiger partial charge in [0.25, 0.3) is 5.91 Å². The first kappa shape index (κ1) is 19.6. The molecule has 1 N–H and O–H groups in total. The fourth-order valence-corrected chi connectivity index (χ4v) is 4.69. The SMILES string of the molecule is Cc1cc(C)cc(C(=O)N2CCC3(CC2)C[C@@H]3C(=O)NCCc2ccccn2)c1.